The molecule has 12 nitrogen and oxygen atoms in total. The van der Waals surface area contributed by atoms with Gasteiger partial charge < -0.3 is 0 Å². The summed E-state index contributed by atoms with van der Waals surface area (Å²) < 4.78 is 374. The Bertz CT molecular complexity index is 5460. The second-order valence-electron chi connectivity index (χ2n) is 22.5. The Morgan fingerprint density at radius 3 is 0.951 bits per heavy atom. The van der Waals surface area contributed by atoms with Gasteiger partial charge in [-0.05, 0) is 0 Å². The zero-order valence-corrected chi connectivity index (χ0v) is 55.4. The number of rotatable bonds is 8. The van der Waals surface area contributed by atoms with Crippen LogP contribution < -0.4 is 29.9 Å². The van der Waals surface area contributed by atoms with Crippen LogP contribution in [-0.2, 0) is 49.4 Å². The van der Waals surface area contributed by atoms with Crippen molar-refractivity contribution < 1.29 is 124 Å². The fourth-order valence-electron chi connectivity index (χ4n) is 11.5. The van der Waals surface area contributed by atoms with Crippen molar-refractivity contribution >= 4 is 96.4 Å². The summed E-state index contributed by atoms with van der Waals surface area (Å²) in [5.74, 6) is -10.6. The maximum atomic E-state index is 14.6. The van der Waals surface area contributed by atoms with Crippen molar-refractivity contribution in [1.29, 1.82) is 0 Å². The van der Waals surface area contributed by atoms with E-state index >= 15 is 0 Å². The van der Waals surface area contributed by atoms with E-state index in [-0.39, 0.29) is 94.7 Å². The van der Waals surface area contributed by atoms with Crippen molar-refractivity contribution in [3.8, 4) is 46.0 Å². The number of fused-ring (bicyclic) bond motifs is 14. The third-order valence-corrected chi connectivity index (χ3v) is 30.8. The molecule has 0 spiro atoms. The Hall–Kier alpha value is -9.60. The number of hydrogen-bond acceptors (Lipinski definition) is 10. The van der Waals surface area contributed by atoms with E-state index in [1.165, 1.54) is 29.8 Å². The first-order chi connectivity index (χ1) is 47.8. The van der Waals surface area contributed by atoms with E-state index in [1.807, 2.05) is 0 Å². The average molecular weight is 1700 g/mol. The van der Waals surface area contributed by atoms with Gasteiger partial charge in [-0.3, -0.25) is 0 Å². The molecular weight excluding hydrogens is 1680 g/mol. The Morgan fingerprint density at radius 1 is 0.282 bits per heavy atom. The van der Waals surface area contributed by atoms with Crippen LogP contribution in [0.15, 0.2) is 176 Å². The van der Waals surface area contributed by atoms with Crippen molar-refractivity contribution in [2.24, 2.45) is 30.0 Å². The molecule has 530 valence electrons. The van der Waals surface area contributed by atoms with E-state index < -0.39 is 222 Å². The van der Waals surface area contributed by atoms with Crippen LogP contribution in [0.2, 0.25) is 0 Å². The third-order valence-electron chi connectivity index (χ3n) is 15.8. The molecule has 103 heavy (non-hydrogen) atoms. The van der Waals surface area contributed by atoms with E-state index in [2.05, 4.69) is 35.4 Å². The van der Waals surface area contributed by atoms with E-state index in [4.69, 9.17) is 38.9 Å². The van der Waals surface area contributed by atoms with E-state index in [9.17, 15) is 105 Å². The van der Waals surface area contributed by atoms with Gasteiger partial charge in [0, 0.05) is 0 Å². The molecule has 6 heterocycles. The number of aliphatic imine (C=N–C) groups is 4. The number of nitrogens with zero attached hydrogens (tertiary/aromatic N) is 8. The van der Waals surface area contributed by atoms with Gasteiger partial charge in [0.05, 0.1) is 0 Å². The zero-order valence-electron chi connectivity index (χ0n) is 49.4. The van der Waals surface area contributed by atoms with Crippen molar-refractivity contribution in [2.45, 2.75) is 49.4 Å². The van der Waals surface area contributed by atoms with E-state index in [0.29, 0.717) is 0 Å². The predicted octanol–water partition coefficient (Wildman–Crippen LogP) is 21.5. The molecular formula is C64H24Br2F24N8O4Sn. The maximum absolute atomic E-state index is 14.6. The molecule has 4 aliphatic heterocycles. The first kappa shape index (κ1) is 70.4. The normalized spacial score (nSPS) is 15.2. The van der Waals surface area contributed by atoms with Crippen LogP contribution in [0.3, 0.4) is 0 Å². The molecule has 0 N–H and O–H groups in total. The summed E-state index contributed by atoms with van der Waals surface area (Å²) in [6, 6.07) is 14.3. The van der Waals surface area contributed by atoms with Gasteiger partial charge in [-0.25, -0.2) is 0 Å². The summed E-state index contributed by atoms with van der Waals surface area (Å²) >= 11 is 1.50. The summed E-state index contributed by atoms with van der Waals surface area (Å²) in [6.45, 7) is 0. The van der Waals surface area contributed by atoms with E-state index in [1.54, 1.807) is 0 Å². The number of ether oxygens (including phenoxy) is 4. The van der Waals surface area contributed by atoms with Gasteiger partial charge in [0.25, 0.3) is 0 Å². The molecule has 6 bridgehead atoms. The number of amidine groups is 4. The minimum atomic E-state index is -6.20. The van der Waals surface area contributed by atoms with Crippen LogP contribution in [0.5, 0.6) is 46.0 Å². The van der Waals surface area contributed by atoms with Gasteiger partial charge in [0.2, 0.25) is 0 Å². The molecule has 0 saturated carbocycles. The van der Waals surface area contributed by atoms with Crippen LogP contribution in [0.25, 0.3) is 21.5 Å². The van der Waals surface area contributed by atoms with Crippen molar-refractivity contribution in [3.63, 3.8) is 0 Å². The molecule has 10 aromatic rings. The molecule has 4 aliphatic rings. The Kier molecular flexibility index (Phi) is 16.2. The number of aromatic nitrogens is 2. The zero-order chi connectivity index (χ0) is 74.2. The Labute approximate surface area is 572 Å². The molecule has 39 heteroatoms. The monoisotopic (exact) mass is 1700 g/mol. The van der Waals surface area contributed by atoms with Crippen molar-refractivity contribution in [1.82, 2.24) is 5.58 Å². The molecule has 0 amide bonds. The van der Waals surface area contributed by atoms with Crippen LogP contribution in [0.4, 0.5) is 117 Å². The van der Waals surface area contributed by atoms with Crippen LogP contribution in [0.1, 0.15) is 66.8 Å². The fraction of sp³-hybridized carbons (Fsp3) is 0.125. The molecule has 0 aliphatic carbocycles. The van der Waals surface area contributed by atoms with Crippen LogP contribution in [0, 0.1) is 0 Å². The molecule has 2 aromatic heterocycles. The van der Waals surface area contributed by atoms with E-state index in [0.717, 1.165) is 48.5 Å². The van der Waals surface area contributed by atoms with Gasteiger partial charge in [0.1, 0.15) is 0 Å². The van der Waals surface area contributed by atoms with Crippen molar-refractivity contribution in [2.75, 3.05) is 0 Å². The summed E-state index contributed by atoms with van der Waals surface area (Å²) in [6.07, 6.45) is -43.7. The molecule has 8 aromatic carbocycles. The topological polar surface area (TPSA) is 121 Å². The minimum absolute atomic E-state index is 0.190. The SMILES string of the molecule is FC(F)(F)c1cc(Oc2cccc3c2C2=NC3=Nc3c4c(Oc5cc(C(F)(F)F)cc(C(F)(F)F)c5)cccc4c4[n]3[Sn]([Br])([Br])[n]3c(c5cccc(Oc6cc(C(F)(F)F)cc(C(F)(F)F)c6)c5c3=NC3=NC(=N4)c4c(Oc5cc(C(F)(F)F)cc(C(F)(F)F)c5)cccc43)=N2)cc(C(F)(F)F)c1. The number of benzene rings is 8. The van der Waals surface area contributed by atoms with Gasteiger partial charge in [-0.15, -0.1) is 0 Å². The first-order valence-corrected chi connectivity index (χ1v) is 43.8. The summed E-state index contributed by atoms with van der Waals surface area (Å²) in [5, 5.41) is -1.51. The molecule has 14 rings (SSSR count). The molecule has 0 atom stereocenters. The second kappa shape index (κ2) is 23.7. The molecule has 0 fully saturated rings. The second-order valence-corrected chi connectivity index (χ2v) is 50.0. The fourth-order valence-corrected chi connectivity index (χ4v) is 25.8. The summed E-state index contributed by atoms with van der Waals surface area (Å²) in [7, 11) is 0. The Morgan fingerprint density at radius 2 is 0.573 bits per heavy atom. The average Bonchev–Trinajstić information content (AvgIpc) is 1.53. The van der Waals surface area contributed by atoms with Gasteiger partial charge >= 0.3 is 575 Å². The van der Waals surface area contributed by atoms with Gasteiger partial charge in [-0.1, -0.05) is 0 Å². The van der Waals surface area contributed by atoms with Gasteiger partial charge in [0.15, 0.2) is 0 Å². The molecule has 0 unspecified atom stereocenters. The standard InChI is InChI=1S/C64H24F24N8O4.2BrH.Sn/c65-57(66,67)25-13-26(58(68,69)70)18-33(17-25)97-41-9-1-5-37-45(41)53-89-49(37)93-54-46-38(6-2-10-42(46)98-34-19-27(59(71,72)73)14-28(20-34)60(74,75)76)51(90-54)95-56-48-40(8-4-12-44(48)100-36-23-31(63(83,84)85)16-32(24-36)64(86,87)88)52(92-56)96-55-47-39(50(91-55)94-53)7-3-11-43(47)99-35-21-29(61(77,78)79)15-30(22-35)62(80,81)82;;;/h1-24H;2*1H;/q-2;;;+4/p-2. The molecule has 0 saturated heterocycles. The summed E-state index contributed by atoms with van der Waals surface area (Å²) in [5.41, 5.74) is -17.4. The molecule has 0 radical (unpaired) electrons. The number of halogens is 26. The van der Waals surface area contributed by atoms with Gasteiger partial charge in [-0.2, -0.15) is 0 Å². The quantitative estimate of drug-likeness (QED) is 0.111. The first-order valence-electron chi connectivity index (χ1n) is 28.5. The van der Waals surface area contributed by atoms with Crippen molar-refractivity contribution in [3.05, 3.63) is 223 Å². The third kappa shape index (κ3) is 12.9. The predicted molar refractivity (Wildman–Crippen MR) is 325 cm³/mol. The van der Waals surface area contributed by atoms with Crippen LogP contribution >= 0.6 is 25.4 Å². The summed E-state index contributed by atoms with van der Waals surface area (Å²) in [4.78, 5) is 29.0. The number of alkyl halides is 24. The number of hydrogen-bond donors (Lipinski definition) is 0. The Balaban J connectivity index is 1.13. The van der Waals surface area contributed by atoms with Crippen LogP contribution in [-0.4, -0.2) is 43.4 Å².